The highest BCUT2D eigenvalue weighted by molar-refractivity contribution is 5.77. The molecule has 0 unspecified atom stereocenters. The molecule has 1 aromatic carbocycles. The van der Waals surface area contributed by atoms with Crippen molar-refractivity contribution in [2.75, 3.05) is 6.61 Å². The van der Waals surface area contributed by atoms with E-state index in [0.29, 0.717) is 12.5 Å². The van der Waals surface area contributed by atoms with Crippen LogP contribution in [0.3, 0.4) is 0 Å². The van der Waals surface area contributed by atoms with Crippen molar-refractivity contribution in [3.63, 3.8) is 0 Å². The van der Waals surface area contributed by atoms with Crippen molar-refractivity contribution >= 4 is 5.97 Å². The van der Waals surface area contributed by atoms with Gasteiger partial charge in [-0.25, -0.2) is 0 Å². The largest absolute Gasteiger partial charge is 0.465 e. The van der Waals surface area contributed by atoms with E-state index >= 15 is 0 Å². The van der Waals surface area contributed by atoms with Crippen molar-refractivity contribution in [1.82, 2.24) is 0 Å². The number of hydrogen-bond donors (Lipinski definition) is 0. The molecule has 1 aliphatic carbocycles. The minimum absolute atomic E-state index is 0.0248. The molecule has 3 rings (SSSR count). The highest BCUT2D eigenvalue weighted by Gasteiger charge is 2.42. The molecule has 82 valence electrons. The summed E-state index contributed by atoms with van der Waals surface area (Å²) in [6.45, 7) is 0.594. The van der Waals surface area contributed by atoms with Gasteiger partial charge in [-0.3, -0.25) is 4.79 Å². The second-order valence-corrected chi connectivity index (χ2v) is 4.52. The molecule has 1 fully saturated rings. The maximum atomic E-state index is 11.7. The van der Waals surface area contributed by atoms with E-state index in [0.717, 1.165) is 6.42 Å². The van der Waals surface area contributed by atoms with E-state index in [1.54, 1.807) is 0 Å². The summed E-state index contributed by atoms with van der Waals surface area (Å²) in [4.78, 5) is 11.7. The summed E-state index contributed by atoms with van der Waals surface area (Å²) >= 11 is 0. The fourth-order valence-electron chi connectivity index (χ4n) is 2.75. The number of rotatable bonds is 1. The number of benzene rings is 1. The van der Waals surface area contributed by atoms with Crippen LogP contribution < -0.4 is 0 Å². The molecule has 1 aromatic rings. The van der Waals surface area contributed by atoms with Crippen LogP contribution in [-0.2, 0) is 9.53 Å². The molecule has 0 radical (unpaired) electrons. The van der Waals surface area contributed by atoms with Gasteiger partial charge >= 0.3 is 5.97 Å². The van der Waals surface area contributed by atoms with Gasteiger partial charge in [-0.2, -0.15) is 0 Å². The number of ether oxygens (including phenoxy) is 1. The Kier molecular flexibility index (Phi) is 2.28. The van der Waals surface area contributed by atoms with Crippen molar-refractivity contribution < 1.29 is 9.53 Å². The first-order valence-corrected chi connectivity index (χ1v) is 5.74. The highest BCUT2D eigenvalue weighted by atomic mass is 16.5. The Labute approximate surface area is 94.9 Å². The molecule has 0 aromatic heterocycles. The Hall–Kier alpha value is -1.57. The summed E-state index contributed by atoms with van der Waals surface area (Å²) in [5.41, 5.74) is 1.22. The van der Waals surface area contributed by atoms with Gasteiger partial charge in [0.25, 0.3) is 0 Å². The first-order chi connectivity index (χ1) is 7.86. The van der Waals surface area contributed by atoms with Gasteiger partial charge in [0, 0.05) is 11.8 Å². The minimum Gasteiger partial charge on any atom is -0.465 e. The van der Waals surface area contributed by atoms with Crippen molar-refractivity contribution in [1.29, 1.82) is 0 Å². The van der Waals surface area contributed by atoms with Gasteiger partial charge in [-0.15, -0.1) is 0 Å². The fourth-order valence-corrected chi connectivity index (χ4v) is 2.75. The number of esters is 1. The summed E-state index contributed by atoms with van der Waals surface area (Å²) in [6, 6.07) is 10.2. The minimum atomic E-state index is -0.0248. The van der Waals surface area contributed by atoms with Crippen molar-refractivity contribution in [3.8, 4) is 0 Å². The first-order valence-electron chi connectivity index (χ1n) is 5.74. The van der Waals surface area contributed by atoms with Gasteiger partial charge in [0.2, 0.25) is 0 Å². The van der Waals surface area contributed by atoms with Gasteiger partial charge < -0.3 is 4.74 Å². The predicted molar refractivity (Wildman–Crippen MR) is 60.9 cm³/mol. The summed E-state index contributed by atoms with van der Waals surface area (Å²) in [7, 11) is 0. The molecule has 2 heteroatoms. The fraction of sp³-hybridized carbons (Fsp3) is 0.357. The Bertz CT molecular complexity index is 422. The van der Waals surface area contributed by atoms with Gasteiger partial charge in [-0.1, -0.05) is 42.5 Å². The lowest BCUT2D eigenvalue weighted by Crippen LogP contribution is -2.25. The third-order valence-electron chi connectivity index (χ3n) is 3.57. The average molecular weight is 214 g/mol. The van der Waals surface area contributed by atoms with Crippen molar-refractivity contribution in [3.05, 3.63) is 48.0 Å². The molecule has 0 spiro atoms. The quantitative estimate of drug-likeness (QED) is 0.530. The number of carbonyl (C=O) groups is 1. The third-order valence-corrected chi connectivity index (χ3v) is 3.57. The smallest absolute Gasteiger partial charge is 0.310 e. The summed E-state index contributed by atoms with van der Waals surface area (Å²) in [5, 5.41) is 0. The number of fused-ring (bicyclic) bond motifs is 1. The molecule has 0 N–H and O–H groups in total. The standard InChI is InChI=1S/C14H14O2/c15-14-13-11(9-16-14)7-4-8-12(13)10-5-2-1-3-6-10/h1-6,8,11-13H,7,9H2/t11-,12-,13+/m1/s1. The molecule has 1 saturated heterocycles. The van der Waals surface area contributed by atoms with Gasteiger partial charge in [0.1, 0.15) is 0 Å². The van der Waals surface area contributed by atoms with Crippen LogP contribution >= 0.6 is 0 Å². The maximum Gasteiger partial charge on any atom is 0.310 e. The Morgan fingerprint density at radius 1 is 1.19 bits per heavy atom. The van der Waals surface area contributed by atoms with E-state index in [1.165, 1.54) is 5.56 Å². The summed E-state index contributed by atoms with van der Waals surface area (Å²) < 4.78 is 5.17. The van der Waals surface area contributed by atoms with Crippen LogP contribution in [0.4, 0.5) is 0 Å². The van der Waals surface area contributed by atoms with Gasteiger partial charge in [-0.05, 0) is 12.0 Å². The number of allylic oxidation sites excluding steroid dienone is 2. The van der Waals surface area contributed by atoms with E-state index in [9.17, 15) is 4.79 Å². The Balaban J connectivity index is 1.97. The van der Waals surface area contributed by atoms with Gasteiger partial charge in [0.05, 0.1) is 12.5 Å². The van der Waals surface area contributed by atoms with Crippen LogP contribution in [0.15, 0.2) is 42.5 Å². The van der Waals surface area contributed by atoms with Crippen LogP contribution in [0.25, 0.3) is 0 Å². The zero-order chi connectivity index (χ0) is 11.0. The molecular weight excluding hydrogens is 200 g/mol. The SMILES string of the molecule is O=C1OC[C@H]2CC=C[C@H](c3ccccc3)[C@@H]12. The third kappa shape index (κ3) is 1.45. The molecule has 16 heavy (non-hydrogen) atoms. The highest BCUT2D eigenvalue weighted by Crippen LogP contribution is 2.41. The molecule has 0 amide bonds. The lowest BCUT2D eigenvalue weighted by molar-refractivity contribution is -0.141. The van der Waals surface area contributed by atoms with Crippen LogP contribution in [-0.4, -0.2) is 12.6 Å². The lowest BCUT2D eigenvalue weighted by atomic mass is 9.74. The van der Waals surface area contributed by atoms with E-state index in [1.807, 2.05) is 18.2 Å². The molecule has 1 heterocycles. The Morgan fingerprint density at radius 2 is 2.00 bits per heavy atom. The van der Waals surface area contributed by atoms with Crippen LogP contribution in [0.1, 0.15) is 17.9 Å². The first kappa shape index (κ1) is 9.64. The van der Waals surface area contributed by atoms with Crippen LogP contribution in [0.5, 0.6) is 0 Å². The average Bonchev–Trinajstić information content (AvgIpc) is 2.73. The molecule has 3 atom stereocenters. The second kappa shape index (κ2) is 3.78. The van der Waals surface area contributed by atoms with Gasteiger partial charge in [0.15, 0.2) is 0 Å². The molecule has 0 saturated carbocycles. The molecule has 1 aliphatic heterocycles. The summed E-state index contributed by atoms with van der Waals surface area (Å²) in [5.74, 6) is 0.591. The second-order valence-electron chi connectivity index (χ2n) is 4.52. The lowest BCUT2D eigenvalue weighted by Gasteiger charge is -2.26. The number of cyclic esters (lactones) is 1. The predicted octanol–water partition coefficient (Wildman–Crippen LogP) is 2.52. The van der Waals surface area contributed by atoms with E-state index < -0.39 is 0 Å². The van der Waals surface area contributed by atoms with Crippen molar-refractivity contribution in [2.45, 2.75) is 12.3 Å². The molecule has 0 bridgehead atoms. The maximum absolute atomic E-state index is 11.7. The van der Waals surface area contributed by atoms with E-state index in [2.05, 4.69) is 24.3 Å². The normalized spacial score (nSPS) is 32.2. The zero-order valence-electron chi connectivity index (χ0n) is 9.00. The van der Waals surface area contributed by atoms with Crippen LogP contribution in [0.2, 0.25) is 0 Å². The topological polar surface area (TPSA) is 26.3 Å². The van der Waals surface area contributed by atoms with Crippen LogP contribution in [0, 0.1) is 11.8 Å². The zero-order valence-corrected chi connectivity index (χ0v) is 9.00. The van der Waals surface area contributed by atoms with E-state index in [-0.39, 0.29) is 17.8 Å². The summed E-state index contributed by atoms with van der Waals surface area (Å²) in [6.07, 6.45) is 5.31. The number of hydrogen-bond acceptors (Lipinski definition) is 2. The van der Waals surface area contributed by atoms with Crippen molar-refractivity contribution in [2.24, 2.45) is 11.8 Å². The number of carbonyl (C=O) groups excluding carboxylic acids is 1. The Morgan fingerprint density at radius 3 is 2.81 bits per heavy atom. The molecular formula is C14H14O2. The molecule has 2 aliphatic rings. The monoisotopic (exact) mass is 214 g/mol. The molecule has 2 nitrogen and oxygen atoms in total. The van der Waals surface area contributed by atoms with E-state index in [4.69, 9.17) is 4.74 Å².